The highest BCUT2D eigenvalue weighted by molar-refractivity contribution is 6.31. The first-order valence-corrected chi connectivity index (χ1v) is 9.84. The zero-order valence-electron chi connectivity index (χ0n) is 15.6. The Morgan fingerprint density at radius 3 is 2.50 bits per heavy atom. The van der Waals surface area contributed by atoms with Gasteiger partial charge >= 0.3 is 6.09 Å². The second-order valence-corrected chi connectivity index (χ2v) is 7.34. The number of carbonyl (C=O) groups is 2. The molecule has 0 aromatic heterocycles. The molecule has 4 rings (SSSR count). The Kier molecular flexibility index (Phi) is 5.79. The largest absolute Gasteiger partial charge is 0.455 e. The minimum atomic E-state index is -0.430. The lowest BCUT2D eigenvalue weighted by atomic mass is 10.1. The quantitative estimate of drug-likeness (QED) is 0.526. The average Bonchev–Trinajstić information content (AvgIpc) is 3.17. The Morgan fingerprint density at radius 1 is 1.00 bits per heavy atom. The molecule has 1 aliphatic rings. The van der Waals surface area contributed by atoms with Crippen molar-refractivity contribution in [2.45, 2.75) is 0 Å². The lowest BCUT2D eigenvalue weighted by molar-refractivity contribution is 0.102. The van der Waals surface area contributed by atoms with Crippen LogP contribution in [0.15, 0.2) is 66.7 Å². The molecule has 30 heavy (non-hydrogen) atoms. The number of benzene rings is 3. The van der Waals surface area contributed by atoms with E-state index in [1.165, 1.54) is 4.90 Å². The van der Waals surface area contributed by atoms with Crippen LogP contribution in [0.4, 0.5) is 16.2 Å². The SMILES string of the molecule is O=C(Nc1cc(Cl)ccc1Oc1ccc(Cl)cc1)c1cccc(N2CCOC2=O)c1. The van der Waals surface area contributed by atoms with Crippen LogP contribution in [0.3, 0.4) is 0 Å². The number of ether oxygens (including phenoxy) is 2. The summed E-state index contributed by atoms with van der Waals surface area (Å²) < 4.78 is 10.8. The van der Waals surface area contributed by atoms with Crippen LogP contribution >= 0.6 is 23.2 Å². The molecular formula is C22H16Cl2N2O4. The number of nitrogens with one attached hydrogen (secondary N) is 1. The fourth-order valence-electron chi connectivity index (χ4n) is 2.96. The standard InChI is InChI=1S/C22H16Cl2N2O4/c23-15-4-7-18(8-5-15)30-20-9-6-16(24)13-19(20)25-21(27)14-2-1-3-17(12-14)26-10-11-29-22(26)28/h1-9,12-13H,10-11H2,(H,25,27). The van der Waals surface area contributed by atoms with Gasteiger partial charge in [-0.1, -0.05) is 29.3 Å². The molecule has 1 aliphatic heterocycles. The van der Waals surface area contributed by atoms with Crippen LogP contribution in [-0.4, -0.2) is 25.2 Å². The van der Waals surface area contributed by atoms with Crippen LogP contribution in [-0.2, 0) is 4.74 Å². The third-order valence-corrected chi connectivity index (χ3v) is 4.90. The van der Waals surface area contributed by atoms with E-state index in [9.17, 15) is 9.59 Å². The first kappa shape index (κ1) is 20.1. The van der Waals surface area contributed by atoms with Gasteiger partial charge in [0.1, 0.15) is 12.4 Å². The van der Waals surface area contributed by atoms with Gasteiger partial charge in [0.05, 0.1) is 12.2 Å². The highest BCUT2D eigenvalue weighted by Crippen LogP contribution is 2.33. The topological polar surface area (TPSA) is 67.9 Å². The van der Waals surface area contributed by atoms with Crippen LogP contribution in [0.5, 0.6) is 11.5 Å². The summed E-state index contributed by atoms with van der Waals surface area (Å²) in [4.78, 5) is 26.1. The summed E-state index contributed by atoms with van der Waals surface area (Å²) in [7, 11) is 0. The first-order chi connectivity index (χ1) is 14.5. The summed E-state index contributed by atoms with van der Waals surface area (Å²) in [5.41, 5.74) is 1.38. The van der Waals surface area contributed by atoms with Crippen molar-refractivity contribution in [3.63, 3.8) is 0 Å². The van der Waals surface area contributed by atoms with Crippen molar-refractivity contribution in [3.8, 4) is 11.5 Å². The molecule has 1 N–H and O–H groups in total. The molecule has 3 aromatic carbocycles. The first-order valence-electron chi connectivity index (χ1n) is 9.08. The van der Waals surface area contributed by atoms with Crippen molar-refractivity contribution in [2.75, 3.05) is 23.4 Å². The molecule has 1 saturated heterocycles. The van der Waals surface area contributed by atoms with Crippen LogP contribution in [0.25, 0.3) is 0 Å². The van der Waals surface area contributed by atoms with E-state index in [1.54, 1.807) is 66.7 Å². The number of nitrogens with zero attached hydrogens (tertiary/aromatic N) is 1. The predicted octanol–water partition coefficient (Wildman–Crippen LogP) is 5.99. The second kappa shape index (κ2) is 8.65. The summed E-state index contributed by atoms with van der Waals surface area (Å²) in [5.74, 6) is 0.619. The Balaban J connectivity index is 1.56. The fourth-order valence-corrected chi connectivity index (χ4v) is 3.25. The number of rotatable bonds is 5. The lowest BCUT2D eigenvalue weighted by Crippen LogP contribution is -2.23. The molecule has 0 bridgehead atoms. The third kappa shape index (κ3) is 4.50. The fraction of sp³-hybridized carbons (Fsp3) is 0.0909. The van der Waals surface area contributed by atoms with Crippen LogP contribution in [0.2, 0.25) is 10.0 Å². The smallest absolute Gasteiger partial charge is 0.414 e. The molecule has 6 nitrogen and oxygen atoms in total. The molecule has 0 saturated carbocycles. The molecule has 1 fully saturated rings. The molecule has 0 atom stereocenters. The van der Waals surface area contributed by atoms with Gasteiger partial charge in [0.25, 0.3) is 5.91 Å². The van der Waals surface area contributed by atoms with Gasteiger partial charge in [-0.05, 0) is 60.7 Å². The van der Waals surface area contributed by atoms with E-state index in [-0.39, 0.29) is 5.91 Å². The molecular weight excluding hydrogens is 427 g/mol. The average molecular weight is 443 g/mol. The monoisotopic (exact) mass is 442 g/mol. The van der Waals surface area contributed by atoms with E-state index in [2.05, 4.69) is 5.32 Å². The zero-order chi connectivity index (χ0) is 21.1. The Labute approximate surface area is 182 Å². The van der Waals surface area contributed by atoms with Gasteiger partial charge in [-0.3, -0.25) is 9.69 Å². The summed E-state index contributed by atoms with van der Waals surface area (Å²) in [5, 5.41) is 3.86. The number of carbonyl (C=O) groups excluding carboxylic acids is 2. The van der Waals surface area contributed by atoms with E-state index in [0.29, 0.717) is 51.6 Å². The number of hydrogen-bond acceptors (Lipinski definition) is 4. The van der Waals surface area contributed by atoms with Gasteiger partial charge in [-0.2, -0.15) is 0 Å². The summed E-state index contributed by atoms with van der Waals surface area (Å²) in [6.07, 6.45) is -0.430. The van der Waals surface area contributed by atoms with Crippen molar-refractivity contribution in [1.82, 2.24) is 0 Å². The van der Waals surface area contributed by atoms with E-state index < -0.39 is 6.09 Å². The number of cyclic esters (lactones) is 1. The highest BCUT2D eigenvalue weighted by atomic mass is 35.5. The second-order valence-electron chi connectivity index (χ2n) is 6.47. The van der Waals surface area contributed by atoms with Gasteiger partial charge < -0.3 is 14.8 Å². The number of hydrogen-bond donors (Lipinski definition) is 1. The molecule has 152 valence electrons. The van der Waals surface area contributed by atoms with Crippen molar-refractivity contribution >= 4 is 46.6 Å². The zero-order valence-corrected chi connectivity index (χ0v) is 17.1. The summed E-state index contributed by atoms with van der Waals surface area (Å²) >= 11 is 12.0. The Hall–Kier alpha value is -3.22. The summed E-state index contributed by atoms with van der Waals surface area (Å²) in [6.45, 7) is 0.764. The van der Waals surface area contributed by atoms with Gasteiger partial charge in [0.2, 0.25) is 0 Å². The molecule has 0 spiro atoms. The Bertz CT molecular complexity index is 1100. The lowest BCUT2D eigenvalue weighted by Gasteiger charge is -2.15. The molecule has 0 unspecified atom stereocenters. The molecule has 0 radical (unpaired) electrons. The maximum absolute atomic E-state index is 12.9. The predicted molar refractivity (Wildman–Crippen MR) is 116 cm³/mol. The van der Waals surface area contributed by atoms with E-state index in [1.807, 2.05) is 0 Å². The highest BCUT2D eigenvalue weighted by Gasteiger charge is 2.24. The van der Waals surface area contributed by atoms with Crippen molar-refractivity contribution in [1.29, 1.82) is 0 Å². The van der Waals surface area contributed by atoms with Crippen molar-refractivity contribution < 1.29 is 19.1 Å². The molecule has 8 heteroatoms. The van der Waals surface area contributed by atoms with Crippen molar-refractivity contribution in [3.05, 3.63) is 82.3 Å². The Morgan fingerprint density at radius 2 is 1.77 bits per heavy atom. The normalized spacial score (nSPS) is 13.1. The number of anilines is 2. The third-order valence-electron chi connectivity index (χ3n) is 4.41. The van der Waals surface area contributed by atoms with E-state index in [4.69, 9.17) is 32.7 Å². The van der Waals surface area contributed by atoms with Gasteiger partial charge in [0, 0.05) is 21.3 Å². The minimum absolute atomic E-state index is 0.323. The van der Waals surface area contributed by atoms with Gasteiger partial charge in [-0.25, -0.2) is 4.79 Å². The minimum Gasteiger partial charge on any atom is -0.455 e. The van der Waals surface area contributed by atoms with Gasteiger partial charge in [0.15, 0.2) is 5.75 Å². The van der Waals surface area contributed by atoms with E-state index >= 15 is 0 Å². The van der Waals surface area contributed by atoms with Crippen LogP contribution in [0.1, 0.15) is 10.4 Å². The maximum Gasteiger partial charge on any atom is 0.414 e. The van der Waals surface area contributed by atoms with Crippen LogP contribution in [0, 0.1) is 0 Å². The molecule has 2 amide bonds. The van der Waals surface area contributed by atoms with E-state index in [0.717, 1.165) is 0 Å². The summed E-state index contributed by atoms with van der Waals surface area (Å²) in [6, 6.07) is 18.5. The number of amides is 2. The molecule has 1 heterocycles. The molecule has 3 aromatic rings. The number of halogens is 2. The van der Waals surface area contributed by atoms with Crippen LogP contribution < -0.4 is 15.0 Å². The molecule has 0 aliphatic carbocycles. The van der Waals surface area contributed by atoms with Crippen molar-refractivity contribution in [2.24, 2.45) is 0 Å². The maximum atomic E-state index is 12.9. The van der Waals surface area contributed by atoms with Gasteiger partial charge in [-0.15, -0.1) is 0 Å².